The number of rotatable bonds is 7. The van der Waals surface area contributed by atoms with Crippen LogP contribution in [-0.2, 0) is 29.0 Å². The van der Waals surface area contributed by atoms with E-state index >= 15 is 0 Å². The van der Waals surface area contributed by atoms with Crippen LogP contribution in [-0.4, -0.2) is 22.1 Å². The van der Waals surface area contributed by atoms with Crippen LogP contribution in [0.3, 0.4) is 0 Å². The minimum absolute atomic E-state index is 0.0451. The summed E-state index contributed by atoms with van der Waals surface area (Å²) < 4.78 is 5.26. The molecule has 22 heavy (non-hydrogen) atoms. The van der Waals surface area contributed by atoms with Crippen LogP contribution in [0.5, 0.6) is 0 Å². The molecule has 1 heterocycles. The van der Waals surface area contributed by atoms with E-state index in [1.165, 1.54) is 0 Å². The normalized spacial score (nSPS) is 16.6. The number of carboxylic acids is 1. The molecule has 6 heteroatoms. The molecule has 0 aromatic carbocycles. The predicted octanol–water partition coefficient (Wildman–Crippen LogP) is 2.31. The van der Waals surface area contributed by atoms with Gasteiger partial charge in [0.15, 0.2) is 0 Å². The van der Waals surface area contributed by atoms with Gasteiger partial charge in [-0.25, -0.2) is 0 Å². The molecule has 1 aromatic rings. The Morgan fingerprint density at radius 2 is 2.00 bits per heavy atom. The van der Waals surface area contributed by atoms with Crippen LogP contribution in [0.1, 0.15) is 56.5 Å². The van der Waals surface area contributed by atoms with Crippen LogP contribution in [0, 0.1) is 11.8 Å². The van der Waals surface area contributed by atoms with Crippen LogP contribution < -0.4 is 5.32 Å². The number of aryl methyl sites for hydroxylation is 2. The SMILES string of the molecule is CCc1noc(CC)c1CNC(=O)C(C(=O)O)C1CCCC1. The fraction of sp³-hybridized carbons (Fsp3) is 0.688. The van der Waals surface area contributed by atoms with Gasteiger partial charge in [-0.1, -0.05) is 31.8 Å². The zero-order valence-corrected chi connectivity index (χ0v) is 13.2. The Morgan fingerprint density at radius 3 is 2.55 bits per heavy atom. The van der Waals surface area contributed by atoms with Gasteiger partial charge in [-0.2, -0.15) is 0 Å². The molecule has 2 rings (SSSR count). The van der Waals surface area contributed by atoms with Crippen molar-refractivity contribution in [2.75, 3.05) is 0 Å². The lowest BCUT2D eigenvalue weighted by Crippen LogP contribution is -2.39. The number of aliphatic carboxylic acids is 1. The summed E-state index contributed by atoms with van der Waals surface area (Å²) in [5, 5.41) is 16.1. The van der Waals surface area contributed by atoms with Gasteiger partial charge < -0.3 is 14.9 Å². The average molecular weight is 308 g/mol. The minimum Gasteiger partial charge on any atom is -0.481 e. The van der Waals surface area contributed by atoms with Crippen molar-refractivity contribution < 1.29 is 19.2 Å². The highest BCUT2D eigenvalue weighted by atomic mass is 16.5. The Bertz CT molecular complexity index is 511. The maximum Gasteiger partial charge on any atom is 0.316 e. The summed E-state index contributed by atoms with van der Waals surface area (Å²) in [4.78, 5) is 23.8. The summed E-state index contributed by atoms with van der Waals surface area (Å²) in [5.74, 6) is -1.66. The maximum absolute atomic E-state index is 12.3. The zero-order chi connectivity index (χ0) is 16.1. The second-order valence-electron chi connectivity index (χ2n) is 5.82. The number of hydrogen-bond donors (Lipinski definition) is 2. The van der Waals surface area contributed by atoms with Crippen LogP contribution in [0.4, 0.5) is 0 Å². The van der Waals surface area contributed by atoms with Gasteiger partial charge in [0.2, 0.25) is 5.91 Å². The van der Waals surface area contributed by atoms with Gasteiger partial charge in [0.25, 0.3) is 0 Å². The molecule has 1 aliphatic rings. The number of carboxylic acid groups (broad SMARTS) is 1. The molecule has 1 fully saturated rings. The van der Waals surface area contributed by atoms with E-state index in [1.54, 1.807) is 0 Å². The number of carbonyl (C=O) groups excluding carboxylic acids is 1. The molecule has 1 aromatic heterocycles. The van der Waals surface area contributed by atoms with Gasteiger partial charge in [-0.15, -0.1) is 0 Å². The predicted molar refractivity (Wildman–Crippen MR) is 80.2 cm³/mol. The van der Waals surface area contributed by atoms with Gasteiger partial charge in [0, 0.05) is 18.5 Å². The Labute approximate surface area is 130 Å². The van der Waals surface area contributed by atoms with Crippen LogP contribution in [0.25, 0.3) is 0 Å². The quantitative estimate of drug-likeness (QED) is 0.754. The zero-order valence-electron chi connectivity index (χ0n) is 13.2. The lowest BCUT2D eigenvalue weighted by atomic mass is 9.90. The maximum atomic E-state index is 12.3. The molecule has 1 aliphatic carbocycles. The second-order valence-corrected chi connectivity index (χ2v) is 5.82. The smallest absolute Gasteiger partial charge is 0.316 e. The summed E-state index contributed by atoms with van der Waals surface area (Å²) >= 11 is 0. The molecule has 0 radical (unpaired) electrons. The van der Waals surface area contributed by atoms with Crippen molar-refractivity contribution in [2.24, 2.45) is 11.8 Å². The second kappa shape index (κ2) is 7.42. The fourth-order valence-corrected chi connectivity index (χ4v) is 3.24. The highest BCUT2D eigenvalue weighted by Gasteiger charge is 2.36. The Balaban J connectivity index is 2.04. The Hall–Kier alpha value is -1.85. The highest BCUT2D eigenvalue weighted by molar-refractivity contribution is 5.97. The van der Waals surface area contributed by atoms with Crippen molar-refractivity contribution in [3.63, 3.8) is 0 Å². The molecule has 122 valence electrons. The standard InChI is InChI=1S/C16H24N2O4/c1-3-12-11(13(4-2)22-18-12)9-17-15(19)14(16(20)21)10-7-5-6-8-10/h10,14H,3-9H2,1-2H3,(H,17,19)(H,20,21). The van der Waals surface area contributed by atoms with Crippen LogP contribution in [0.15, 0.2) is 4.52 Å². The van der Waals surface area contributed by atoms with E-state index in [-0.39, 0.29) is 12.5 Å². The molecule has 1 unspecified atom stereocenters. The van der Waals surface area contributed by atoms with Crippen molar-refractivity contribution in [3.05, 3.63) is 17.0 Å². The summed E-state index contributed by atoms with van der Waals surface area (Å²) in [6.07, 6.45) is 5.07. The van der Waals surface area contributed by atoms with Crippen molar-refractivity contribution in [2.45, 2.75) is 58.9 Å². The minimum atomic E-state index is -1.03. The lowest BCUT2D eigenvalue weighted by molar-refractivity contribution is -0.149. The van der Waals surface area contributed by atoms with E-state index in [0.717, 1.165) is 49.1 Å². The Kier molecular flexibility index (Phi) is 5.57. The number of amides is 1. The topological polar surface area (TPSA) is 92.4 Å². The van der Waals surface area contributed by atoms with Crippen LogP contribution >= 0.6 is 0 Å². The van der Waals surface area contributed by atoms with E-state index in [1.807, 2.05) is 13.8 Å². The van der Waals surface area contributed by atoms with Gasteiger partial charge in [-0.05, 0) is 25.2 Å². The summed E-state index contributed by atoms with van der Waals surface area (Å²) in [6.45, 7) is 4.22. The number of hydrogen-bond acceptors (Lipinski definition) is 4. The molecular formula is C16H24N2O4. The third kappa shape index (κ3) is 3.48. The first-order valence-corrected chi connectivity index (χ1v) is 8.05. The number of nitrogens with one attached hydrogen (secondary N) is 1. The van der Waals surface area contributed by atoms with Crippen molar-refractivity contribution in [1.29, 1.82) is 0 Å². The van der Waals surface area contributed by atoms with E-state index in [2.05, 4.69) is 10.5 Å². The molecule has 1 amide bonds. The first-order chi connectivity index (χ1) is 10.6. The van der Waals surface area contributed by atoms with E-state index in [4.69, 9.17) is 4.52 Å². The van der Waals surface area contributed by atoms with Gasteiger partial charge in [0.1, 0.15) is 11.7 Å². The third-order valence-electron chi connectivity index (χ3n) is 4.47. The number of nitrogens with zero attached hydrogens (tertiary/aromatic N) is 1. The van der Waals surface area contributed by atoms with Crippen molar-refractivity contribution >= 4 is 11.9 Å². The van der Waals surface area contributed by atoms with E-state index in [9.17, 15) is 14.7 Å². The highest BCUT2D eigenvalue weighted by Crippen LogP contribution is 2.31. The molecule has 6 nitrogen and oxygen atoms in total. The molecule has 0 aliphatic heterocycles. The molecular weight excluding hydrogens is 284 g/mol. The van der Waals surface area contributed by atoms with Crippen molar-refractivity contribution in [1.82, 2.24) is 10.5 Å². The molecule has 2 N–H and O–H groups in total. The third-order valence-corrected chi connectivity index (χ3v) is 4.47. The first-order valence-electron chi connectivity index (χ1n) is 8.05. The van der Waals surface area contributed by atoms with Gasteiger partial charge in [-0.3, -0.25) is 9.59 Å². The molecule has 0 saturated heterocycles. The number of aromatic nitrogens is 1. The Morgan fingerprint density at radius 1 is 1.32 bits per heavy atom. The van der Waals surface area contributed by atoms with Crippen LogP contribution in [0.2, 0.25) is 0 Å². The first kappa shape index (κ1) is 16.5. The van der Waals surface area contributed by atoms with Gasteiger partial charge in [0.05, 0.1) is 5.69 Å². The summed E-state index contributed by atoms with van der Waals surface area (Å²) in [5.41, 5.74) is 1.71. The summed E-state index contributed by atoms with van der Waals surface area (Å²) in [6, 6.07) is 0. The monoisotopic (exact) mass is 308 g/mol. The van der Waals surface area contributed by atoms with E-state index in [0.29, 0.717) is 6.42 Å². The lowest BCUT2D eigenvalue weighted by Gasteiger charge is -2.18. The number of carbonyl (C=O) groups is 2. The van der Waals surface area contributed by atoms with E-state index < -0.39 is 17.8 Å². The molecule has 1 atom stereocenters. The molecule has 0 bridgehead atoms. The molecule has 1 saturated carbocycles. The average Bonchev–Trinajstić information content (AvgIpc) is 3.13. The fourth-order valence-electron chi connectivity index (χ4n) is 3.24. The van der Waals surface area contributed by atoms with Crippen molar-refractivity contribution in [3.8, 4) is 0 Å². The molecule has 0 spiro atoms. The van der Waals surface area contributed by atoms with Gasteiger partial charge >= 0.3 is 5.97 Å². The summed E-state index contributed by atoms with van der Waals surface area (Å²) in [7, 11) is 0. The largest absolute Gasteiger partial charge is 0.481 e.